The number of hydrogen-bond donors (Lipinski definition) is 0. The maximum absolute atomic E-state index is 12.8. The van der Waals surface area contributed by atoms with Gasteiger partial charge in [-0.2, -0.15) is 0 Å². The summed E-state index contributed by atoms with van der Waals surface area (Å²) in [5.41, 5.74) is 0.556. The fourth-order valence-electron chi connectivity index (χ4n) is 3.80. The first-order valence-electron chi connectivity index (χ1n) is 6.97. The smallest absolute Gasteiger partial charge is 0.338 e. The third-order valence-corrected chi connectivity index (χ3v) is 5.38. The molecule has 102 valence electrons. The average Bonchev–Trinajstić information content (AvgIpc) is 2.79. The first kappa shape index (κ1) is 12.6. The lowest BCUT2D eigenvalue weighted by molar-refractivity contribution is -0.0118. The van der Waals surface area contributed by atoms with Gasteiger partial charge in [-0.05, 0) is 55.4 Å². The van der Waals surface area contributed by atoms with E-state index in [-0.39, 0.29) is 23.3 Å². The van der Waals surface area contributed by atoms with Crippen molar-refractivity contribution in [2.75, 3.05) is 0 Å². The highest BCUT2D eigenvalue weighted by Crippen LogP contribution is 2.58. The molecule has 3 heteroatoms. The van der Waals surface area contributed by atoms with E-state index in [9.17, 15) is 9.18 Å². The van der Waals surface area contributed by atoms with Gasteiger partial charge in [-0.25, -0.2) is 9.18 Å². The van der Waals surface area contributed by atoms with Crippen molar-refractivity contribution in [2.45, 2.75) is 39.2 Å². The Morgan fingerprint density at radius 1 is 1.37 bits per heavy atom. The SMILES string of the molecule is CC1C2CCC1(C)C(OC(=O)c1ccc(F)cc1)C2. The third kappa shape index (κ3) is 1.96. The summed E-state index contributed by atoms with van der Waals surface area (Å²) in [5.74, 6) is 0.651. The van der Waals surface area contributed by atoms with Gasteiger partial charge in [0.05, 0.1) is 5.56 Å². The average molecular weight is 262 g/mol. The molecule has 0 N–H and O–H groups in total. The van der Waals surface area contributed by atoms with Gasteiger partial charge in [-0.3, -0.25) is 0 Å². The van der Waals surface area contributed by atoms with Crippen molar-refractivity contribution in [3.63, 3.8) is 0 Å². The number of fused-ring (bicyclic) bond motifs is 2. The molecule has 2 bridgehead atoms. The van der Waals surface area contributed by atoms with Crippen LogP contribution in [0.1, 0.15) is 43.5 Å². The van der Waals surface area contributed by atoms with E-state index in [1.807, 2.05) is 0 Å². The van der Waals surface area contributed by atoms with E-state index in [2.05, 4.69) is 13.8 Å². The standard InChI is InChI=1S/C16H19FO2/c1-10-12-7-8-16(10,2)14(9-12)19-15(18)11-3-5-13(17)6-4-11/h3-6,10,12,14H,7-9H2,1-2H3. The third-order valence-electron chi connectivity index (χ3n) is 5.38. The number of rotatable bonds is 2. The molecular formula is C16H19FO2. The van der Waals surface area contributed by atoms with Crippen molar-refractivity contribution in [1.29, 1.82) is 0 Å². The summed E-state index contributed by atoms with van der Waals surface area (Å²) in [6.45, 7) is 4.50. The molecule has 19 heavy (non-hydrogen) atoms. The quantitative estimate of drug-likeness (QED) is 0.758. The van der Waals surface area contributed by atoms with Crippen LogP contribution >= 0.6 is 0 Å². The van der Waals surface area contributed by atoms with Gasteiger partial charge in [0, 0.05) is 5.41 Å². The molecule has 2 aliphatic carbocycles. The van der Waals surface area contributed by atoms with Crippen LogP contribution in [-0.4, -0.2) is 12.1 Å². The highest BCUT2D eigenvalue weighted by atomic mass is 19.1. The zero-order valence-corrected chi connectivity index (χ0v) is 11.4. The van der Waals surface area contributed by atoms with Crippen LogP contribution in [-0.2, 0) is 4.74 Å². The maximum Gasteiger partial charge on any atom is 0.338 e. The van der Waals surface area contributed by atoms with Crippen LogP contribution in [0.15, 0.2) is 24.3 Å². The lowest BCUT2D eigenvalue weighted by Gasteiger charge is -2.32. The summed E-state index contributed by atoms with van der Waals surface area (Å²) in [6, 6.07) is 5.55. The number of carbonyl (C=O) groups excluding carboxylic acids is 1. The molecular weight excluding hydrogens is 243 g/mol. The predicted octanol–water partition coefficient (Wildman–Crippen LogP) is 3.81. The van der Waals surface area contributed by atoms with Crippen molar-refractivity contribution in [1.82, 2.24) is 0 Å². The Morgan fingerprint density at radius 3 is 2.58 bits per heavy atom. The fraction of sp³-hybridized carbons (Fsp3) is 0.562. The largest absolute Gasteiger partial charge is 0.458 e. The molecule has 4 atom stereocenters. The monoisotopic (exact) mass is 262 g/mol. The molecule has 0 aliphatic heterocycles. The first-order chi connectivity index (χ1) is 9.00. The van der Waals surface area contributed by atoms with Crippen LogP contribution in [0.5, 0.6) is 0 Å². The second kappa shape index (κ2) is 4.32. The highest BCUT2D eigenvalue weighted by Gasteiger charge is 2.56. The van der Waals surface area contributed by atoms with E-state index in [0.29, 0.717) is 17.4 Å². The van der Waals surface area contributed by atoms with Gasteiger partial charge in [-0.15, -0.1) is 0 Å². The Hall–Kier alpha value is -1.38. The molecule has 3 rings (SSSR count). The van der Waals surface area contributed by atoms with Gasteiger partial charge in [0.15, 0.2) is 0 Å². The fourth-order valence-corrected chi connectivity index (χ4v) is 3.80. The molecule has 1 aromatic rings. The first-order valence-corrected chi connectivity index (χ1v) is 6.97. The van der Waals surface area contributed by atoms with Gasteiger partial charge in [0.2, 0.25) is 0 Å². The highest BCUT2D eigenvalue weighted by molar-refractivity contribution is 5.89. The molecule has 2 nitrogen and oxygen atoms in total. The van der Waals surface area contributed by atoms with Crippen LogP contribution in [0.3, 0.4) is 0 Å². The summed E-state index contributed by atoms with van der Waals surface area (Å²) in [7, 11) is 0. The van der Waals surface area contributed by atoms with Crippen LogP contribution in [0, 0.1) is 23.1 Å². The molecule has 0 spiro atoms. The molecule has 4 unspecified atom stereocenters. The summed E-state index contributed by atoms with van der Waals surface area (Å²) >= 11 is 0. The van der Waals surface area contributed by atoms with Crippen molar-refractivity contribution >= 4 is 5.97 Å². The van der Waals surface area contributed by atoms with E-state index in [1.54, 1.807) is 0 Å². The van der Waals surface area contributed by atoms with Crippen molar-refractivity contribution in [3.8, 4) is 0 Å². The molecule has 0 aromatic heterocycles. The van der Waals surface area contributed by atoms with Crippen LogP contribution in [0.2, 0.25) is 0 Å². The molecule has 1 aromatic carbocycles. The molecule has 2 saturated carbocycles. The number of ether oxygens (including phenoxy) is 1. The Morgan fingerprint density at radius 2 is 2.05 bits per heavy atom. The molecule has 0 amide bonds. The van der Waals surface area contributed by atoms with Gasteiger partial charge in [-0.1, -0.05) is 13.8 Å². The summed E-state index contributed by atoms with van der Waals surface area (Å²) in [5, 5.41) is 0. The second-order valence-corrected chi connectivity index (χ2v) is 6.23. The zero-order chi connectivity index (χ0) is 13.6. The Balaban J connectivity index is 1.73. The van der Waals surface area contributed by atoms with Gasteiger partial charge < -0.3 is 4.74 Å². The van der Waals surface area contributed by atoms with E-state index < -0.39 is 0 Å². The molecule has 2 fully saturated rings. The van der Waals surface area contributed by atoms with Gasteiger partial charge >= 0.3 is 5.97 Å². The topological polar surface area (TPSA) is 26.3 Å². The van der Waals surface area contributed by atoms with Gasteiger partial charge in [0.25, 0.3) is 0 Å². The zero-order valence-electron chi connectivity index (χ0n) is 11.4. The lowest BCUT2D eigenvalue weighted by Crippen LogP contribution is -2.34. The summed E-state index contributed by atoms with van der Waals surface area (Å²) in [4.78, 5) is 12.1. The molecule has 0 heterocycles. The summed E-state index contributed by atoms with van der Waals surface area (Å²) < 4.78 is 18.5. The maximum atomic E-state index is 12.8. The van der Waals surface area contributed by atoms with Crippen molar-refractivity contribution in [2.24, 2.45) is 17.3 Å². The Kier molecular flexibility index (Phi) is 2.88. The number of benzene rings is 1. The number of carbonyl (C=O) groups is 1. The van der Waals surface area contributed by atoms with E-state index >= 15 is 0 Å². The lowest BCUT2D eigenvalue weighted by atomic mass is 9.80. The van der Waals surface area contributed by atoms with Gasteiger partial charge in [0.1, 0.15) is 11.9 Å². The van der Waals surface area contributed by atoms with Crippen molar-refractivity contribution < 1.29 is 13.9 Å². The normalized spacial score (nSPS) is 36.5. The number of hydrogen-bond acceptors (Lipinski definition) is 2. The minimum Gasteiger partial charge on any atom is -0.458 e. The second-order valence-electron chi connectivity index (χ2n) is 6.23. The minimum atomic E-state index is -0.336. The number of halogens is 1. The molecule has 0 saturated heterocycles. The molecule has 0 radical (unpaired) electrons. The van der Waals surface area contributed by atoms with E-state index in [0.717, 1.165) is 12.8 Å². The Bertz CT molecular complexity index is 496. The van der Waals surface area contributed by atoms with Crippen LogP contribution in [0.4, 0.5) is 4.39 Å². The van der Waals surface area contributed by atoms with Crippen molar-refractivity contribution in [3.05, 3.63) is 35.6 Å². The summed E-state index contributed by atoms with van der Waals surface area (Å²) in [6.07, 6.45) is 3.38. The molecule has 2 aliphatic rings. The van der Waals surface area contributed by atoms with Crippen LogP contribution in [0.25, 0.3) is 0 Å². The van der Waals surface area contributed by atoms with Crippen LogP contribution < -0.4 is 0 Å². The van der Waals surface area contributed by atoms with E-state index in [1.165, 1.54) is 30.7 Å². The number of esters is 1. The predicted molar refractivity (Wildman–Crippen MR) is 70.2 cm³/mol. The Labute approximate surface area is 113 Å². The van der Waals surface area contributed by atoms with E-state index in [4.69, 9.17) is 4.74 Å². The minimum absolute atomic E-state index is 0.0128.